The third kappa shape index (κ3) is 3.74. The Bertz CT molecular complexity index is 1000. The summed E-state index contributed by atoms with van der Waals surface area (Å²) in [5.41, 5.74) is 2.25. The third-order valence-electron chi connectivity index (χ3n) is 4.40. The minimum absolute atomic E-state index is 0.00889. The van der Waals surface area contributed by atoms with Crippen LogP contribution in [0, 0.1) is 20.8 Å². The highest BCUT2D eigenvalue weighted by molar-refractivity contribution is 6.05. The van der Waals surface area contributed by atoms with E-state index >= 15 is 0 Å². The molecular weight excluding hydrogens is 353 g/mol. The summed E-state index contributed by atoms with van der Waals surface area (Å²) < 4.78 is 41.7. The van der Waals surface area contributed by atoms with Gasteiger partial charge in [0.05, 0.1) is 16.8 Å². The molecule has 0 aliphatic heterocycles. The quantitative estimate of drug-likeness (QED) is 0.631. The van der Waals surface area contributed by atoms with E-state index in [4.69, 9.17) is 0 Å². The third-order valence-corrected chi connectivity index (χ3v) is 4.40. The number of aromatic nitrogens is 1. The highest BCUT2D eigenvalue weighted by Crippen LogP contribution is 2.35. The number of benzene rings is 2. The number of alkyl halides is 3. The minimum atomic E-state index is -4.48. The van der Waals surface area contributed by atoms with Crippen LogP contribution in [-0.4, -0.2) is 10.5 Å². The zero-order chi connectivity index (χ0) is 19.8. The molecule has 0 aliphatic rings. The van der Waals surface area contributed by atoms with E-state index in [1.54, 1.807) is 32.0 Å². The molecule has 0 saturated carbocycles. The fraction of sp³-hybridized carbons (Fsp3) is 0.190. The first kappa shape index (κ1) is 18.8. The zero-order valence-corrected chi connectivity index (χ0v) is 15.2. The van der Waals surface area contributed by atoms with Crippen molar-refractivity contribution in [2.24, 2.45) is 0 Å². The van der Waals surface area contributed by atoms with Gasteiger partial charge < -0.3 is 9.88 Å². The van der Waals surface area contributed by atoms with Gasteiger partial charge in [0.2, 0.25) is 0 Å². The van der Waals surface area contributed by atoms with Gasteiger partial charge in [0.1, 0.15) is 0 Å². The number of nitrogens with one attached hydrogen (secondary N) is 1. The van der Waals surface area contributed by atoms with Gasteiger partial charge in [-0.3, -0.25) is 4.79 Å². The lowest BCUT2D eigenvalue weighted by Crippen LogP contribution is -2.15. The molecule has 3 aromatic rings. The summed E-state index contributed by atoms with van der Waals surface area (Å²) in [5.74, 6) is -0.357. The fourth-order valence-corrected chi connectivity index (χ4v) is 3.19. The Labute approximate surface area is 155 Å². The van der Waals surface area contributed by atoms with Gasteiger partial charge in [0, 0.05) is 17.1 Å². The molecule has 140 valence electrons. The number of amides is 1. The van der Waals surface area contributed by atoms with Crippen molar-refractivity contribution < 1.29 is 18.0 Å². The maximum Gasteiger partial charge on any atom is 0.418 e. The van der Waals surface area contributed by atoms with Crippen molar-refractivity contribution in [3.05, 3.63) is 82.7 Å². The first-order chi connectivity index (χ1) is 12.7. The number of carbonyl (C=O) groups is 1. The van der Waals surface area contributed by atoms with Gasteiger partial charge in [-0.25, -0.2) is 0 Å². The van der Waals surface area contributed by atoms with E-state index in [9.17, 15) is 18.0 Å². The lowest BCUT2D eigenvalue weighted by Gasteiger charge is -2.16. The molecule has 1 heterocycles. The van der Waals surface area contributed by atoms with Gasteiger partial charge in [-0.2, -0.15) is 13.2 Å². The SMILES string of the molecule is Cc1cccc(NC(=O)c2cc(C)n(-c3ccccc3C(F)(F)F)c2C)c1. The summed E-state index contributed by atoms with van der Waals surface area (Å²) in [5, 5.41) is 2.80. The number of hydrogen-bond donors (Lipinski definition) is 1. The van der Waals surface area contributed by atoms with Crippen LogP contribution >= 0.6 is 0 Å². The van der Waals surface area contributed by atoms with Gasteiger partial charge in [-0.1, -0.05) is 24.3 Å². The minimum Gasteiger partial charge on any atom is -0.322 e. The molecule has 0 fully saturated rings. The Morgan fingerprint density at radius 2 is 1.67 bits per heavy atom. The predicted molar refractivity (Wildman–Crippen MR) is 99.4 cm³/mol. The first-order valence-electron chi connectivity index (χ1n) is 8.42. The summed E-state index contributed by atoms with van der Waals surface area (Å²) in [7, 11) is 0. The summed E-state index contributed by atoms with van der Waals surface area (Å²) in [6.07, 6.45) is -4.48. The van der Waals surface area contributed by atoms with Crippen molar-refractivity contribution in [1.82, 2.24) is 4.57 Å². The number of nitrogens with zero attached hydrogens (tertiary/aromatic N) is 1. The lowest BCUT2D eigenvalue weighted by atomic mass is 10.1. The van der Waals surface area contributed by atoms with Crippen molar-refractivity contribution >= 4 is 11.6 Å². The Hall–Kier alpha value is -3.02. The van der Waals surface area contributed by atoms with Crippen LogP contribution in [0.25, 0.3) is 5.69 Å². The standard InChI is InChI=1S/C21H19F3N2O/c1-13-7-6-8-16(11-13)25-20(27)17-12-14(2)26(15(17)3)19-10-5-4-9-18(19)21(22,23)24/h4-12H,1-3H3,(H,25,27). The van der Waals surface area contributed by atoms with Crippen LogP contribution in [0.4, 0.5) is 18.9 Å². The molecule has 0 spiro atoms. The lowest BCUT2D eigenvalue weighted by molar-refractivity contribution is -0.137. The van der Waals surface area contributed by atoms with E-state index < -0.39 is 11.7 Å². The molecule has 3 rings (SSSR count). The number of halogens is 3. The van der Waals surface area contributed by atoms with Crippen molar-refractivity contribution in [2.75, 3.05) is 5.32 Å². The molecule has 2 aromatic carbocycles. The van der Waals surface area contributed by atoms with E-state index in [0.717, 1.165) is 11.6 Å². The highest BCUT2D eigenvalue weighted by atomic mass is 19.4. The normalized spacial score (nSPS) is 11.5. The zero-order valence-electron chi connectivity index (χ0n) is 15.2. The topological polar surface area (TPSA) is 34.0 Å². The number of carbonyl (C=O) groups excluding carboxylic acids is 1. The maximum absolute atomic E-state index is 13.4. The van der Waals surface area contributed by atoms with Crippen LogP contribution < -0.4 is 5.32 Å². The van der Waals surface area contributed by atoms with Crippen LogP contribution in [0.5, 0.6) is 0 Å². The van der Waals surface area contributed by atoms with Gasteiger partial charge in [0.15, 0.2) is 0 Å². The van der Waals surface area contributed by atoms with E-state index in [2.05, 4.69) is 5.32 Å². The Kier molecular flexibility index (Phi) is 4.83. The number of aryl methyl sites for hydroxylation is 2. The summed E-state index contributed by atoms with van der Waals surface area (Å²) >= 11 is 0. The van der Waals surface area contributed by atoms with Crippen LogP contribution in [0.3, 0.4) is 0 Å². The monoisotopic (exact) mass is 372 g/mol. The first-order valence-corrected chi connectivity index (χ1v) is 8.42. The number of hydrogen-bond acceptors (Lipinski definition) is 1. The second-order valence-corrected chi connectivity index (χ2v) is 6.46. The smallest absolute Gasteiger partial charge is 0.322 e. The molecule has 0 bridgehead atoms. The maximum atomic E-state index is 13.4. The number of para-hydroxylation sites is 1. The van der Waals surface area contributed by atoms with Gasteiger partial charge in [0.25, 0.3) is 5.91 Å². The molecule has 0 unspecified atom stereocenters. The summed E-state index contributed by atoms with van der Waals surface area (Å²) in [6.45, 7) is 5.24. The van der Waals surface area contributed by atoms with Gasteiger partial charge in [-0.15, -0.1) is 0 Å². The number of rotatable bonds is 3. The molecule has 0 atom stereocenters. The summed E-state index contributed by atoms with van der Waals surface area (Å²) in [6, 6.07) is 14.3. The van der Waals surface area contributed by atoms with Gasteiger partial charge >= 0.3 is 6.18 Å². The van der Waals surface area contributed by atoms with Crippen LogP contribution in [-0.2, 0) is 6.18 Å². The molecule has 0 saturated heterocycles. The molecule has 0 aliphatic carbocycles. The Morgan fingerprint density at radius 3 is 2.33 bits per heavy atom. The molecule has 3 nitrogen and oxygen atoms in total. The molecule has 0 radical (unpaired) electrons. The van der Waals surface area contributed by atoms with Crippen molar-refractivity contribution in [3.8, 4) is 5.69 Å². The van der Waals surface area contributed by atoms with Crippen molar-refractivity contribution in [1.29, 1.82) is 0 Å². The van der Waals surface area contributed by atoms with E-state index in [0.29, 0.717) is 22.6 Å². The van der Waals surface area contributed by atoms with Gasteiger partial charge in [-0.05, 0) is 56.7 Å². The molecule has 6 heteroatoms. The average Bonchev–Trinajstić information content (AvgIpc) is 2.88. The average molecular weight is 372 g/mol. The van der Waals surface area contributed by atoms with Crippen molar-refractivity contribution in [2.45, 2.75) is 26.9 Å². The summed E-state index contributed by atoms with van der Waals surface area (Å²) in [4.78, 5) is 12.7. The van der Waals surface area contributed by atoms with Crippen LogP contribution in [0.15, 0.2) is 54.6 Å². The van der Waals surface area contributed by atoms with Crippen LogP contribution in [0.1, 0.15) is 32.9 Å². The van der Waals surface area contributed by atoms with Crippen molar-refractivity contribution in [3.63, 3.8) is 0 Å². The molecule has 1 N–H and O–H groups in total. The highest BCUT2D eigenvalue weighted by Gasteiger charge is 2.34. The Balaban J connectivity index is 2.03. The van der Waals surface area contributed by atoms with E-state index in [1.165, 1.54) is 16.7 Å². The molecule has 1 aromatic heterocycles. The van der Waals surface area contributed by atoms with E-state index in [-0.39, 0.29) is 11.6 Å². The number of anilines is 1. The fourth-order valence-electron chi connectivity index (χ4n) is 3.19. The molecule has 27 heavy (non-hydrogen) atoms. The van der Waals surface area contributed by atoms with E-state index in [1.807, 2.05) is 25.1 Å². The Morgan fingerprint density at radius 1 is 0.963 bits per heavy atom. The largest absolute Gasteiger partial charge is 0.418 e. The van der Waals surface area contributed by atoms with Crippen LogP contribution in [0.2, 0.25) is 0 Å². The predicted octanol–water partition coefficient (Wildman–Crippen LogP) is 5.67. The second-order valence-electron chi connectivity index (χ2n) is 6.46. The second kappa shape index (κ2) is 6.95. The molecule has 1 amide bonds. The molecular formula is C21H19F3N2O.